The molecule has 0 bridgehead atoms. The van der Waals surface area contributed by atoms with Crippen LogP contribution in [0.15, 0.2) is 59.8 Å². The van der Waals surface area contributed by atoms with E-state index in [1.54, 1.807) is 11.8 Å². The van der Waals surface area contributed by atoms with Crippen molar-refractivity contribution >= 4 is 23.4 Å². The van der Waals surface area contributed by atoms with Gasteiger partial charge in [-0.15, -0.1) is 10.2 Å². The molecule has 0 N–H and O–H groups in total. The number of rotatable bonds is 5. The van der Waals surface area contributed by atoms with E-state index in [0.717, 1.165) is 16.0 Å². The number of benzene rings is 2. The zero-order valence-corrected chi connectivity index (χ0v) is 15.0. The third-order valence-electron chi connectivity index (χ3n) is 4.31. The molecule has 0 saturated heterocycles. The summed E-state index contributed by atoms with van der Waals surface area (Å²) in [6, 6.07) is 18.6. The summed E-state index contributed by atoms with van der Waals surface area (Å²) in [6.45, 7) is 0. The van der Waals surface area contributed by atoms with E-state index in [2.05, 4.69) is 58.2 Å². The van der Waals surface area contributed by atoms with Crippen molar-refractivity contribution < 1.29 is 0 Å². The van der Waals surface area contributed by atoms with Crippen LogP contribution >= 0.6 is 23.4 Å². The number of thioether (sulfide) groups is 1. The van der Waals surface area contributed by atoms with Gasteiger partial charge in [0.1, 0.15) is 5.82 Å². The lowest BCUT2D eigenvalue weighted by molar-refractivity contribution is 0.735. The fourth-order valence-corrected chi connectivity index (χ4v) is 4.09. The zero-order chi connectivity index (χ0) is 16.5. The summed E-state index contributed by atoms with van der Waals surface area (Å²) in [7, 11) is 2.07. The maximum Gasteiger partial charge on any atom is 0.191 e. The molecule has 0 unspecified atom stereocenters. The van der Waals surface area contributed by atoms with Gasteiger partial charge in [-0.1, -0.05) is 65.8 Å². The highest BCUT2D eigenvalue weighted by Crippen LogP contribution is 2.43. The molecule has 3 nitrogen and oxygen atoms in total. The van der Waals surface area contributed by atoms with Crippen molar-refractivity contribution in [2.75, 3.05) is 0 Å². The molecule has 2 aromatic carbocycles. The summed E-state index contributed by atoms with van der Waals surface area (Å²) < 4.78 is 2.15. The Morgan fingerprint density at radius 3 is 2.33 bits per heavy atom. The van der Waals surface area contributed by atoms with Crippen LogP contribution < -0.4 is 0 Å². The Morgan fingerprint density at radius 1 is 1.00 bits per heavy atom. The SMILES string of the molecule is Cn1c(S[C@H](c2ccccc2)c2ccc(Cl)cc2)nnc1C1CC1. The van der Waals surface area contributed by atoms with Crippen LogP contribution in [0, 0.1) is 0 Å². The van der Waals surface area contributed by atoms with Gasteiger partial charge >= 0.3 is 0 Å². The Bertz CT molecular complexity index is 826. The van der Waals surface area contributed by atoms with E-state index >= 15 is 0 Å². The van der Waals surface area contributed by atoms with Gasteiger partial charge in [0.05, 0.1) is 5.25 Å². The molecule has 24 heavy (non-hydrogen) atoms. The van der Waals surface area contributed by atoms with Gasteiger partial charge in [-0.25, -0.2) is 0 Å². The number of hydrogen-bond donors (Lipinski definition) is 0. The molecule has 1 heterocycles. The van der Waals surface area contributed by atoms with Crippen LogP contribution in [0.4, 0.5) is 0 Å². The zero-order valence-electron chi connectivity index (χ0n) is 13.4. The Morgan fingerprint density at radius 2 is 1.67 bits per heavy atom. The van der Waals surface area contributed by atoms with Crippen molar-refractivity contribution in [3.8, 4) is 0 Å². The molecular formula is C19H18ClN3S. The largest absolute Gasteiger partial charge is 0.309 e. The molecule has 122 valence electrons. The Balaban J connectivity index is 1.69. The van der Waals surface area contributed by atoms with E-state index < -0.39 is 0 Å². The molecular weight excluding hydrogens is 338 g/mol. The van der Waals surface area contributed by atoms with E-state index in [0.29, 0.717) is 5.92 Å². The van der Waals surface area contributed by atoms with Gasteiger partial charge in [0.15, 0.2) is 5.16 Å². The van der Waals surface area contributed by atoms with Gasteiger partial charge in [-0.05, 0) is 36.1 Å². The first-order chi connectivity index (χ1) is 11.7. The topological polar surface area (TPSA) is 30.7 Å². The van der Waals surface area contributed by atoms with Crippen molar-refractivity contribution in [1.82, 2.24) is 14.8 Å². The molecule has 1 fully saturated rings. The Hall–Kier alpha value is -1.78. The van der Waals surface area contributed by atoms with Gasteiger partial charge in [0.2, 0.25) is 0 Å². The van der Waals surface area contributed by atoms with Crippen LogP contribution in [-0.4, -0.2) is 14.8 Å². The van der Waals surface area contributed by atoms with Crippen molar-refractivity contribution in [2.24, 2.45) is 7.05 Å². The van der Waals surface area contributed by atoms with Gasteiger partial charge in [-0.3, -0.25) is 0 Å². The van der Waals surface area contributed by atoms with Crippen LogP contribution in [-0.2, 0) is 7.05 Å². The van der Waals surface area contributed by atoms with Gasteiger partial charge in [0.25, 0.3) is 0 Å². The minimum Gasteiger partial charge on any atom is -0.309 e. The Labute approximate surface area is 151 Å². The minimum absolute atomic E-state index is 0.165. The van der Waals surface area contributed by atoms with Crippen LogP contribution in [0.5, 0.6) is 0 Å². The van der Waals surface area contributed by atoms with E-state index in [1.165, 1.54) is 24.0 Å². The quantitative estimate of drug-likeness (QED) is 0.587. The van der Waals surface area contributed by atoms with E-state index in [1.807, 2.05) is 18.2 Å². The molecule has 1 aliphatic rings. The second kappa shape index (κ2) is 6.61. The number of nitrogens with zero attached hydrogens (tertiary/aromatic N) is 3. The molecule has 0 aliphatic heterocycles. The second-order valence-electron chi connectivity index (χ2n) is 6.13. The summed E-state index contributed by atoms with van der Waals surface area (Å²) in [6.07, 6.45) is 2.46. The van der Waals surface area contributed by atoms with Gasteiger partial charge < -0.3 is 4.57 Å². The first-order valence-electron chi connectivity index (χ1n) is 8.09. The van der Waals surface area contributed by atoms with Crippen molar-refractivity contribution in [3.05, 3.63) is 76.6 Å². The Kier molecular flexibility index (Phi) is 4.33. The first-order valence-corrected chi connectivity index (χ1v) is 9.34. The summed E-state index contributed by atoms with van der Waals surface area (Å²) in [5.41, 5.74) is 2.47. The summed E-state index contributed by atoms with van der Waals surface area (Å²) in [4.78, 5) is 0. The van der Waals surface area contributed by atoms with Gasteiger partial charge in [0, 0.05) is 18.0 Å². The van der Waals surface area contributed by atoms with Gasteiger partial charge in [-0.2, -0.15) is 0 Å². The molecule has 0 radical (unpaired) electrons. The molecule has 1 atom stereocenters. The lowest BCUT2D eigenvalue weighted by Crippen LogP contribution is -2.01. The van der Waals surface area contributed by atoms with Crippen molar-refractivity contribution in [1.29, 1.82) is 0 Å². The third kappa shape index (κ3) is 3.21. The highest BCUT2D eigenvalue weighted by molar-refractivity contribution is 7.99. The maximum absolute atomic E-state index is 6.06. The summed E-state index contributed by atoms with van der Waals surface area (Å²) in [5.74, 6) is 1.71. The normalized spacial score (nSPS) is 15.4. The predicted octanol–water partition coefficient (Wildman–Crippen LogP) is 5.23. The van der Waals surface area contributed by atoms with E-state index in [-0.39, 0.29) is 5.25 Å². The summed E-state index contributed by atoms with van der Waals surface area (Å²) >= 11 is 7.80. The van der Waals surface area contributed by atoms with Crippen LogP contribution in [0.1, 0.15) is 41.0 Å². The lowest BCUT2D eigenvalue weighted by atomic mass is 10.0. The van der Waals surface area contributed by atoms with Crippen molar-refractivity contribution in [3.63, 3.8) is 0 Å². The fraction of sp³-hybridized carbons (Fsp3) is 0.263. The van der Waals surface area contributed by atoms with Crippen LogP contribution in [0.2, 0.25) is 5.02 Å². The molecule has 1 aromatic heterocycles. The van der Waals surface area contributed by atoms with Crippen LogP contribution in [0.3, 0.4) is 0 Å². The highest BCUT2D eigenvalue weighted by Gasteiger charge is 2.30. The first kappa shape index (κ1) is 15.7. The van der Waals surface area contributed by atoms with Crippen LogP contribution in [0.25, 0.3) is 0 Å². The molecule has 1 saturated carbocycles. The summed E-state index contributed by atoms with van der Waals surface area (Å²) in [5, 5.41) is 10.7. The molecule has 0 spiro atoms. The molecule has 4 rings (SSSR count). The third-order valence-corrected chi connectivity index (χ3v) is 5.91. The molecule has 0 amide bonds. The lowest BCUT2D eigenvalue weighted by Gasteiger charge is -2.17. The number of hydrogen-bond acceptors (Lipinski definition) is 3. The number of aromatic nitrogens is 3. The highest BCUT2D eigenvalue weighted by atomic mass is 35.5. The molecule has 3 aromatic rings. The second-order valence-corrected chi connectivity index (χ2v) is 7.64. The number of halogens is 1. The average Bonchev–Trinajstić information content (AvgIpc) is 3.39. The molecule has 5 heteroatoms. The fourth-order valence-electron chi connectivity index (χ4n) is 2.83. The monoisotopic (exact) mass is 355 g/mol. The molecule has 1 aliphatic carbocycles. The average molecular weight is 356 g/mol. The van der Waals surface area contributed by atoms with E-state index in [9.17, 15) is 0 Å². The van der Waals surface area contributed by atoms with E-state index in [4.69, 9.17) is 11.6 Å². The van der Waals surface area contributed by atoms with Crippen molar-refractivity contribution in [2.45, 2.75) is 29.2 Å². The minimum atomic E-state index is 0.165. The maximum atomic E-state index is 6.06. The predicted molar refractivity (Wildman–Crippen MR) is 98.6 cm³/mol. The standard InChI is InChI=1S/C19H18ClN3S/c1-23-18(15-7-8-15)21-22-19(23)24-17(13-5-3-2-4-6-13)14-9-11-16(20)12-10-14/h2-6,9-12,15,17H,7-8H2,1H3/t17-/m1/s1. The smallest absolute Gasteiger partial charge is 0.191 e.